The predicted octanol–water partition coefficient (Wildman–Crippen LogP) is 28.6. The molecular formula is C88H142Si2Zr2. The van der Waals surface area contributed by atoms with E-state index in [4.69, 9.17) is 0 Å². The molecule has 0 N–H and O–H groups in total. The van der Waals surface area contributed by atoms with Crippen LogP contribution in [0.15, 0.2) is 70.8 Å². The Hall–Kier alpha value is -1.96. The van der Waals surface area contributed by atoms with Crippen LogP contribution in [0.1, 0.15) is 394 Å². The van der Waals surface area contributed by atoms with Crippen LogP contribution in [0, 0.1) is 0 Å². The molecule has 4 unspecified atom stereocenters. The first-order chi connectivity index (χ1) is 43.3. The van der Waals surface area contributed by atoms with E-state index in [1.807, 2.05) is 22.3 Å². The summed E-state index contributed by atoms with van der Waals surface area (Å²) in [6.07, 6.45) is 27.7. The molecule has 0 bridgehead atoms. The maximum atomic E-state index is 2.99. The van der Waals surface area contributed by atoms with Crippen molar-refractivity contribution in [1.29, 1.82) is 0 Å². The fourth-order valence-electron chi connectivity index (χ4n) is 24.7. The molecule has 0 aliphatic heterocycles. The number of hydrogen-bond acceptors (Lipinski definition) is 0. The van der Waals surface area contributed by atoms with Crippen LogP contribution in [0.2, 0.25) is 37.9 Å². The molecule has 0 saturated heterocycles. The third-order valence-electron chi connectivity index (χ3n) is 29.2. The summed E-state index contributed by atoms with van der Waals surface area (Å²) >= 11 is -10.1. The van der Waals surface area contributed by atoms with Crippen molar-refractivity contribution in [3.05, 3.63) is 160 Å². The first kappa shape index (κ1) is 75.8. The van der Waals surface area contributed by atoms with Crippen molar-refractivity contribution in [2.75, 3.05) is 0 Å². The predicted molar refractivity (Wildman–Crippen MR) is 420 cm³/mol. The van der Waals surface area contributed by atoms with E-state index in [0.29, 0.717) is 61.8 Å². The molecule has 0 saturated carbocycles. The van der Waals surface area contributed by atoms with Crippen molar-refractivity contribution >= 4 is 37.6 Å². The molecule has 4 aromatic carbocycles. The quantitative estimate of drug-likeness (QED) is 0.0329. The van der Waals surface area contributed by atoms with Crippen LogP contribution in [0.4, 0.5) is 0 Å². The van der Waals surface area contributed by atoms with Crippen molar-refractivity contribution in [3.63, 3.8) is 0 Å². The molecule has 510 valence electrons. The van der Waals surface area contributed by atoms with Gasteiger partial charge in [0.15, 0.2) is 0 Å². The molecule has 0 spiro atoms. The Morgan fingerprint density at radius 2 is 0.478 bits per heavy atom. The first-order valence-electron chi connectivity index (χ1n) is 39.5. The maximum absolute atomic E-state index is 5.05. The molecule has 0 fully saturated rings. The third kappa shape index (κ3) is 12.1. The average Bonchev–Trinajstić information content (AvgIpc) is 1.21. The monoisotopic (exact) mass is 1430 g/mol. The Morgan fingerprint density at radius 1 is 0.283 bits per heavy atom. The van der Waals surface area contributed by atoms with Gasteiger partial charge in [-0.1, -0.05) is 0 Å². The molecule has 4 atom stereocenters. The standard InChI is InChI=1S/4C16H21.C6H12.4C4H9.2CH5Si.2Zr/c4*1-10(2)13-8-14-6-12(5)7-16(14)15(9-13)11(3)4;1-3-5-6-4-2;4*1-3-4-2;2*1-2;;/h4*6-11H,1-5H3;1-6H2;4*1,3-4H2,2H3;2*2H2,1H3;;. The summed E-state index contributed by atoms with van der Waals surface area (Å²) in [7, 11) is 0. The van der Waals surface area contributed by atoms with Crippen LogP contribution in [0.3, 0.4) is 0 Å². The van der Waals surface area contributed by atoms with E-state index in [0.717, 1.165) is 0 Å². The molecule has 0 nitrogen and oxygen atoms in total. The Kier molecular flexibility index (Phi) is 23.4. The van der Waals surface area contributed by atoms with Gasteiger partial charge in [0.1, 0.15) is 0 Å². The molecule has 0 amide bonds. The zero-order valence-electron chi connectivity index (χ0n) is 65.0. The zero-order chi connectivity index (χ0) is 67.9. The van der Waals surface area contributed by atoms with Crippen molar-refractivity contribution in [2.24, 2.45) is 0 Å². The molecule has 4 aliphatic rings. The minimum absolute atomic E-state index is 0.491. The topological polar surface area (TPSA) is 0 Å². The Balaban J connectivity index is 1.42. The van der Waals surface area contributed by atoms with E-state index in [1.54, 1.807) is 89.1 Å². The van der Waals surface area contributed by atoms with Crippen molar-refractivity contribution < 1.29 is 32.9 Å². The van der Waals surface area contributed by atoms with E-state index >= 15 is 0 Å². The van der Waals surface area contributed by atoms with Gasteiger partial charge in [0.25, 0.3) is 0 Å². The van der Waals surface area contributed by atoms with E-state index in [1.165, 1.54) is 102 Å². The Morgan fingerprint density at radius 3 is 0.641 bits per heavy atom. The summed E-state index contributed by atoms with van der Waals surface area (Å²) in [5, 5.41) is 0. The van der Waals surface area contributed by atoms with Gasteiger partial charge in [0.05, 0.1) is 0 Å². The molecule has 0 aromatic heterocycles. The van der Waals surface area contributed by atoms with Gasteiger partial charge >= 0.3 is 573 Å². The van der Waals surface area contributed by atoms with Crippen molar-refractivity contribution in [1.82, 2.24) is 0 Å². The molecule has 0 radical (unpaired) electrons. The van der Waals surface area contributed by atoms with Crippen LogP contribution in [-0.2, 0) is 32.9 Å². The van der Waals surface area contributed by atoms with Crippen LogP contribution >= 0.6 is 0 Å². The third-order valence-corrected chi connectivity index (χ3v) is 146. The van der Waals surface area contributed by atoms with E-state index in [2.05, 4.69) is 252 Å². The summed E-state index contributed by atoms with van der Waals surface area (Å²) < 4.78 is 11.5. The number of unbranched alkanes of at least 4 members (excludes halogenated alkanes) is 7. The molecule has 8 rings (SSSR count). The van der Waals surface area contributed by atoms with Crippen LogP contribution in [0.25, 0.3) is 24.3 Å². The van der Waals surface area contributed by atoms with Crippen LogP contribution in [0.5, 0.6) is 0 Å². The number of hydrogen-bond donors (Lipinski definition) is 0. The second-order valence-electron chi connectivity index (χ2n) is 36.6. The number of rotatable bonds is 33. The summed E-state index contributed by atoms with van der Waals surface area (Å²) in [5.74, 6) is 3.96. The fourth-order valence-corrected chi connectivity index (χ4v) is 142. The van der Waals surface area contributed by atoms with Gasteiger partial charge in [0.2, 0.25) is 0 Å². The number of benzene rings is 4. The molecule has 4 aromatic rings. The Bertz CT molecular complexity index is 3050. The summed E-state index contributed by atoms with van der Waals surface area (Å²) in [5.41, 5.74) is 33.8. The summed E-state index contributed by atoms with van der Waals surface area (Å²) in [6, 6.07) is 22.2. The molecule has 4 aliphatic carbocycles. The van der Waals surface area contributed by atoms with Crippen molar-refractivity contribution in [3.8, 4) is 0 Å². The number of allylic oxidation sites excluding steroid dienone is 4. The molecule has 4 heteroatoms. The molecule has 0 heterocycles. The van der Waals surface area contributed by atoms with E-state index in [-0.39, 0.29) is 0 Å². The van der Waals surface area contributed by atoms with E-state index < -0.39 is 46.2 Å². The van der Waals surface area contributed by atoms with Gasteiger partial charge < -0.3 is 0 Å². The van der Waals surface area contributed by atoms with E-state index in [9.17, 15) is 0 Å². The second-order valence-corrected chi connectivity index (χ2v) is 121. The zero-order valence-corrected chi connectivity index (χ0v) is 72.7. The van der Waals surface area contributed by atoms with Crippen LogP contribution < -0.4 is 0 Å². The number of fused-ring (bicyclic) bond motifs is 4. The fraction of sp³-hybridized carbons (Fsp3) is 0.636. The SMILES string of the molecule is CCC[CH2][Zr]([CH2]CCC)([CH2]CCCC[CH2][Zr]([CH2]CCC)([CH2]CCC)([SiH2]C)([CH]1C(C)=Cc2c(C(C)C)cc(C(C)C)cc21)[CH]1C(C)=Cc2c(C(C)C)cc(C(C)C)cc21)([SiH2]C)([CH]1C(C)=Cc2c(C(C)C)cc(C(C)C)cc21)[CH]1C(C)=Cc2c(C(C)C)cc(C(C)C)cc21. The minimum atomic E-state index is -5.05. The normalized spacial score (nSPS) is 20.0. The van der Waals surface area contributed by atoms with Crippen LogP contribution in [-0.4, -0.2) is 13.3 Å². The molecular weight excluding hydrogens is 1300 g/mol. The Labute approximate surface area is 567 Å². The summed E-state index contributed by atoms with van der Waals surface area (Å²) in [4.78, 5) is 0. The van der Waals surface area contributed by atoms with Gasteiger partial charge in [-0.05, 0) is 0 Å². The molecule has 92 heavy (non-hydrogen) atoms. The second kappa shape index (κ2) is 28.3. The van der Waals surface area contributed by atoms with Gasteiger partial charge in [-0.2, -0.15) is 0 Å². The van der Waals surface area contributed by atoms with Gasteiger partial charge in [0, 0.05) is 0 Å². The van der Waals surface area contributed by atoms with Gasteiger partial charge in [-0.3, -0.25) is 0 Å². The van der Waals surface area contributed by atoms with Crippen molar-refractivity contribution in [2.45, 2.75) is 343 Å². The van der Waals surface area contributed by atoms with Gasteiger partial charge in [-0.25, -0.2) is 0 Å². The first-order valence-corrected chi connectivity index (χ1v) is 70.3. The van der Waals surface area contributed by atoms with Gasteiger partial charge in [-0.15, -0.1) is 0 Å². The summed E-state index contributed by atoms with van der Waals surface area (Å²) in [6.45, 7) is 65.7. The average molecular weight is 1440 g/mol.